The number of piperidine rings is 1. The largest absolute Gasteiger partial charge is 0.488 e. The van der Waals surface area contributed by atoms with E-state index in [4.69, 9.17) is 21.1 Å². The molecule has 1 fully saturated rings. The molecule has 2 unspecified atom stereocenters. The van der Waals surface area contributed by atoms with Gasteiger partial charge in [-0.1, -0.05) is 17.7 Å². The number of hydrogen-bond donors (Lipinski definition) is 0. The minimum Gasteiger partial charge on any atom is -0.488 e. The summed E-state index contributed by atoms with van der Waals surface area (Å²) in [7, 11) is 3.10. The summed E-state index contributed by atoms with van der Waals surface area (Å²) in [5, 5.41) is 0.269. The number of pyridine rings is 1. The molecule has 0 amide bonds. The van der Waals surface area contributed by atoms with Crippen LogP contribution in [-0.4, -0.2) is 46.9 Å². The normalized spacial score (nSPS) is 19.4. The Morgan fingerprint density at radius 2 is 1.94 bits per heavy atom. The van der Waals surface area contributed by atoms with Crippen LogP contribution in [0, 0.1) is 0 Å². The predicted octanol–water partition coefficient (Wildman–Crippen LogP) is 3.67. The zero-order valence-corrected chi connectivity index (χ0v) is 18.0. The first-order valence-corrected chi connectivity index (χ1v) is 10.2. The van der Waals surface area contributed by atoms with Crippen molar-refractivity contribution in [2.75, 3.05) is 25.1 Å². The third-order valence-corrected chi connectivity index (χ3v) is 5.66. The topological polar surface area (TPSA) is 69.5 Å². The van der Waals surface area contributed by atoms with Crippen LogP contribution >= 0.6 is 11.6 Å². The van der Waals surface area contributed by atoms with Crippen molar-refractivity contribution in [2.45, 2.75) is 24.8 Å². The lowest BCUT2D eigenvalue weighted by Crippen LogP contribution is -2.50. The standard InChI is InChI=1S/C21H20ClF3N4O3/c1-28-14-6-7-17(22)26-18(14)19(27-20(28)30)29-9-8-15(16(11-29)31-2)32-13-5-3-4-12(10-13)21(23,24)25/h3-7,10,15-16H,8-9,11H2,1-2H3. The molecule has 11 heteroatoms. The van der Waals surface area contributed by atoms with Gasteiger partial charge in [-0.25, -0.2) is 9.78 Å². The molecule has 32 heavy (non-hydrogen) atoms. The zero-order valence-electron chi connectivity index (χ0n) is 17.3. The van der Waals surface area contributed by atoms with Gasteiger partial charge in [0.25, 0.3) is 0 Å². The Bertz CT molecular complexity index is 1200. The Kier molecular flexibility index (Phi) is 6.00. The highest BCUT2D eigenvalue weighted by atomic mass is 35.5. The summed E-state index contributed by atoms with van der Waals surface area (Å²) >= 11 is 6.07. The Morgan fingerprint density at radius 1 is 1.16 bits per heavy atom. The SMILES string of the molecule is COC1CN(c2nc(=O)n(C)c3ccc(Cl)nc23)CCC1Oc1cccc(C(F)(F)F)c1. The highest BCUT2D eigenvalue weighted by Gasteiger charge is 2.34. The van der Waals surface area contributed by atoms with Crippen molar-refractivity contribution in [3.63, 3.8) is 0 Å². The molecule has 4 rings (SSSR count). The minimum atomic E-state index is -4.45. The molecule has 1 saturated heterocycles. The lowest BCUT2D eigenvalue weighted by atomic mass is 10.0. The van der Waals surface area contributed by atoms with Crippen molar-refractivity contribution in [3.05, 3.63) is 57.6 Å². The summed E-state index contributed by atoms with van der Waals surface area (Å²) in [6.07, 6.45) is -4.97. The molecule has 2 aromatic heterocycles. The molecule has 0 bridgehead atoms. The molecule has 170 valence electrons. The first-order chi connectivity index (χ1) is 15.2. The summed E-state index contributed by atoms with van der Waals surface area (Å²) in [5.74, 6) is 0.496. The van der Waals surface area contributed by atoms with Crippen molar-refractivity contribution < 1.29 is 22.6 Å². The van der Waals surface area contributed by atoms with Crippen LogP contribution in [0.15, 0.2) is 41.2 Å². The monoisotopic (exact) mass is 468 g/mol. The van der Waals surface area contributed by atoms with E-state index in [-0.39, 0.29) is 10.9 Å². The maximum atomic E-state index is 13.0. The summed E-state index contributed by atoms with van der Waals surface area (Å²) in [5.41, 5.74) is -0.152. The van der Waals surface area contributed by atoms with Crippen LogP contribution in [0.1, 0.15) is 12.0 Å². The Labute approximate surface area is 186 Å². The molecule has 3 heterocycles. The van der Waals surface area contributed by atoms with E-state index >= 15 is 0 Å². The molecule has 1 aliphatic heterocycles. The second-order valence-electron chi connectivity index (χ2n) is 7.47. The molecule has 0 aliphatic carbocycles. The van der Waals surface area contributed by atoms with Gasteiger partial charge in [0.2, 0.25) is 0 Å². The van der Waals surface area contributed by atoms with Gasteiger partial charge in [0.15, 0.2) is 5.82 Å². The fourth-order valence-electron chi connectivity index (χ4n) is 3.77. The average molecular weight is 469 g/mol. The molecule has 2 atom stereocenters. The summed E-state index contributed by atoms with van der Waals surface area (Å²) < 4.78 is 51.8. The molecule has 0 N–H and O–H groups in total. The average Bonchev–Trinajstić information content (AvgIpc) is 2.76. The molecule has 0 radical (unpaired) electrons. The lowest BCUT2D eigenvalue weighted by Gasteiger charge is -2.38. The number of methoxy groups -OCH3 is 1. The zero-order chi connectivity index (χ0) is 23.0. The van der Waals surface area contributed by atoms with E-state index < -0.39 is 29.6 Å². The Morgan fingerprint density at radius 3 is 2.66 bits per heavy atom. The fourth-order valence-corrected chi connectivity index (χ4v) is 3.92. The van der Waals surface area contributed by atoms with E-state index in [0.29, 0.717) is 36.4 Å². The van der Waals surface area contributed by atoms with Crippen LogP contribution < -0.4 is 15.3 Å². The maximum absolute atomic E-state index is 13.0. The van der Waals surface area contributed by atoms with E-state index in [1.165, 1.54) is 23.8 Å². The molecule has 0 saturated carbocycles. The molecular formula is C21H20ClF3N4O3. The summed E-state index contributed by atoms with van der Waals surface area (Å²) in [6.45, 7) is 0.747. The number of anilines is 1. The molecular weight excluding hydrogens is 449 g/mol. The lowest BCUT2D eigenvalue weighted by molar-refractivity contribution is -0.137. The van der Waals surface area contributed by atoms with Gasteiger partial charge in [0.05, 0.1) is 11.1 Å². The highest BCUT2D eigenvalue weighted by molar-refractivity contribution is 6.29. The van der Waals surface area contributed by atoms with E-state index in [0.717, 1.165) is 12.1 Å². The van der Waals surface area contributed by atoms with Crippen LogP contribution in [0.25, 0.3) is 11.0 Å². The fraction of sp³-hybridized carbons (Fsp3) is 0.381. The van der Waals surface area contributed by atoms with E-state index in [9.17, 15) is 18.0 Å². The van der Waals surface area contributed by atoms with Crippen LogP contribution in [0.3, 0.4) is 0 Å². The number of hydrogen-bond acceptors (Lipinski definition) is 6. The van der Waals surface area contributed by atoms with E-state index in [1.807, 2.05) is 4.90 Å². The Hall–Kier alpha value is -2.85. The number of fused-ring (bicyclic) bond motifs is 1. The van der Waals surface area contributed by atoms with Crippen molar-refractivity contribution in [2.24, 2.45) is 7.05 Å². The molecule has 3 aromatic rings. The van der Waals surface area contributed by atoms with Crippen molar-refractivity contribution >= 4 is 28.5 Å². The van der Waals surface area contributed by atoms with E-state index in [1.54, 1.807) is 19.2 Å². The van der Waals surface area contributed by atoms with Gasteiger partial charge in [-0.05, 0) is 30.3 Å². The smallest absolute Gasteiger partial charge is 0.416 e. The van der Waals surface area contributed by atoms with Gasteiger partial charge in [-0.2, -0.15) is 18.2 Å². The van der Waals surface area contributed by atoms with Crippen molar-refractivity contribution in [3.8, 4) is 5.75 Å². The minimum absolute atomic E-state index is 0.117. The maximum Gasteiger partial charge on any atom is 0.416 e. The quantitative estimate of drug-likeness (QED) is 0.544. The highest BCUT2D eigenvalue weighted by Crippen LogP contribution is 2.33. The van der Waals surface area contributed by atoms with Crippen LogP contribution in [0.5, 0.6) is 5.75 Å². The van der Waals surface area contributed by atoms with Crippen LogP contribution in [-0.2, 0) is 18.0 Å². The number of aryl methyl sites for hydroxylation is 1. The molecule has 0 spiro atoms. The second-order valence-corrected chi connectivity index (χ2v) is 7.86. The number of benzene rings is 1. The first kappa shape index (κ1) is 22.3. The van der Waals surface area contributed by atoms with Gasteiger partial charge in [0.1, 0.15) is 28.6 Å². The van der Waals surface area contributed by atoms with Gasteiger partial charge >= 0.3 is 11.9 Å². The first-order valence-electron chi connectivity index (χ1n) is 9.82. The number of alkyl halides is 3. The summed E-state index contributed by atoms with van der Waals surface area (Å²) in [4.78, 5) is 22.7. The van der Waals surface area contributed by atoms with Gasteiger partial charge in [-0.3, -0.25) is 4.57 Å². The number of nitrogens with zero attached hydrogens (tertiary/aromatic N) is 4. The number of halogens is 4. The van der Waals surface area contributed by atoms with Crippen LogP contribution in [0.4, 0.5) is 19.0 Å². The number of rotatable bonds is 4. The Balaban J connectivity index is 1.59. The van der Waals surface area contributed by atoms with E-state index in [2.05, 4.69) is 9.97 Å². The van der Waals surface area contributed by atoms with Gasteiger partial charge in [-0.15, -0.1) is 0 Å². The third kappa shape index (κ3) is 4.37. The van der Waals surface area contributed by atoms with Crippen molar-refractivity contribution in [1.29, 1.82) is 0 Å². The third-order valence-electron chi connectivity index (χ3n) is 5.45. The molecule has 7 nitrogen and oxygen atoms in total. The van der Waals surface area contributed by atoms with Gasteiger partial charge in [0, 0.05) is 33.7 Å². The van der Waals surface area contributed by atoms with Crippen molar-refractivity contribution in [1.82, 2.24) is 14.5 Å². The number of aromatic nitrogens is 3. The van der Waals surface area contributed by atoms with Gasteiger partial charge < -0.3 is 14.4 Å². The summed E-state index contributed by atoms with van der Waals surface area (Å²) in [6, 6.07) is 8.06. The number of ether oxygens (including phenoxy) is 2. The molecule has 1 aliphatic rings. The molecule has 1 aromatic carbocycles. The second kappa shape index (κ2) is 8.59. The van der Waals surface area contributed by atoms with Crippen LogP contribution in [0.2, 0.25) is 5.15 Å². The predicted molar refractivity (Wildman–Crippen MR) is 113 cm³/mol.